The maximum atomic E-state index is 11.5. The molecular formula is C11H15NO2. The summed E-state index contributed by atoms with van der Waals surface area (Å²) in [7, 11) is 0. The summed E-state index contributed by atoms with van der Waals surface area (Å²) in [6, 6.07) is 4.79. The number of hydrogen-bond acceptors (Lipinski definition) is 2. The van der Waals surface area contributed by atoms with Crippen molar-refractivity contribution in [2.75, 3.05) is 0 Å². The van der Waals surface area contributed by atoms with Crippen LogP contribution >= 0.6 is 0 Å². The molecule has 1 aromatic rings. The van der Waals surface area contributed by atoms with E-state index in [9.17, 15) is 9.59 Å². The van der Waals surface area contributed by atoms with Gasteiger partial charge in [0.1, 0.15) is 0 Å². The molecule has 1 heterocycles. The first kappa shape index (κ1) is 10.7. The van der Waals surface area contributed by atoms with Crippen molar-refractivity contribution in [3.8, 4) is 0 Å². The normalized spacial score (nSPS) is 10.6. The molecule has 76 valence electrons. The van der Waals surface area contributed by atoms with Crippen LogP contribution in [0.15, 0.2) is 23.0 Å². The quantitative estimate of drug-likeness (QED) is 0.685. The Morgan fingerprint density at radius 2 is 2.07 bits per heavy atom. The summed E-state index contributed by atoms with van der Waals surface area (Å²) in [6.07, 6.45) is 0. The predicted molar refractivity (Wildman–Crippen MR) is 55.5 cm³/mol. The Bertz CT molecular complexity index is 391. The minimum absolute atomic E-state index is 0.0663. The summed E-state index contributed by atoms with van der Waals surface area (Å²) in [5.41, 5.74) is 0.387. The number of carbonyl (C=O) groups excluding carboxylic acids is 1. The van der Waals surface area contributed by atoms with Gasteiger partial charge in [-0.05, 0) is 12.0 Å². The van der Waals surface area contributed by atoms with E-state index in [1.807, 2.05) is 13.8 Å². The summed E-state index contributed by atoms with van der Waals surface area (Å²) in [5, 5.41) is 0. The second-order valence-electron chi connectivity index (χ2n) is 3.81. The third-order valence-corrected chi connectivity index (χ3v) is 1.96. The lowest BCUT2D eigenvalue weighted by Gasteiger charge is -2.12. The Hall–Kier alpha value is -1.38. The third-order valence-electron chi connectivity index (χ3n) is 1.96. The van der Waals surface area contributed by atoms with Gasteiger partial charge in [-0.25, -0.2) is 0 Å². The van der Waals surface area contributed by atoms with Gasteiger partial charge in [0.05, 0.1) is 5.69 Å². The first-order valence-electron chi connectivity index (χ1n) is 4.73. The Kier molecular flexibility index (Phi) is 3.23. The van der Waals surface area contributed by atoms with E-state index in [0.717, 1.165) is 0 Å². The minimum Gasteiger partial charge on any atom is -0.305 e. The second kappa shape index (κ2) is 4.22. The first-order valence-corrected chi connectivity index (χ1v) is 4.73. The molecule has 0 aliphatic rings. The van der Waals surface area contributed by atoms with Gasteiger partial charge in [-0.15, -0.1) is 0 Å². The van der Waals surface area contributed by atoms with Crippen LogP contribution in [0.5, 0.6) is 0 Å². The van der Waals surface area contributed by atoms with E-state index in [0.29, 0.717) is 18.2 Å². The molecule has 0 radical (unpaired) electrons. The fraction of sp³-hybridized carbons (Fsp3) is 0.455. The van der Waals surface area contributed by atoms with Gasteiger partial charge in [-0.2, -0.15) is 0 Å². The first-order chi connectivity index (χ1) is 6.52. The van der Waals surface area contributed by atoms with Crippen molar-refractivity contribution < 1.29 is 4.79 Å². The van der Waals surface area contributed by atoms with E-state index in [1.165, 1.54) is 17.6 Å². The largest absolute Gasteiger partial charge is 0.305 e. The summed E-state index contributed by atoms with van der Waals surface area (Å²) >= 11 is 0. The van der Waals surface area contributed by atoms with E-state index in [-0.39, 0.29) is 11.3 Å². The zero-order chi connectivity index (χ0) is 10.7. The van der Waals surface area contributed by atoms with Crippen LogP contribution in [0.2, 0.25) is 0 Å². The average molecular weight is 193 g/mol. The molecule has 0 aliphatic heterocycles. The highest BCUT2D eigenvalue weighted by molar-refractivity contribution is 5.92. The number of rotatable bonds is 3. The summed E-state index contributed by atoms with van der Waals surface area (Å²) in [5.74, 6) is 0.288. The fourth-order valence-electron chi connectivity index (χ4n) is 1.38. The van der Waals surface area contributed by atoms with Gasteiger partial charge in [0.15, 0.2) is 5.78 Å². The van der Waals surface area contributed by atoms with E-state index in [4.69, 9.17) is 0 Å². The Labute approximate surface area is 83.4 Å². The predicted octanol–water partition coefficient (Wildman–Crippen LogP) is 1.71. The van der Waals surface area contributed by atoms with Gasteiger partial charge in [-0.3, -0.25) is 9.59 Å². The zero-order valence-electron chi connectivity index (χ0n) is 8.78. The lowest BCUT2D eigenvalue weighted by atomic mass is 10.2. The highest BCUT2D eigenvalue weighted by atomic mass is 16.1. The maximum Gasteiger partial charge on any atom is 0.251 e. The molecule has 0 fully saturated rings. The third kappa shape index (κ3) is 2.31. The van der Waals surface area contributed by atoms with Crippen molar-refractivity contribution in [3.63, 3.8) is 0 Å². The van der Waals surface area contributed by atoms with Crippen molar-refractivity contribution in [2.45, 2.75) is 27.3 Å². The fourth-order valence-corrected chi connectivity index (χ4v) is 1.38. The molecule has 0 saturated heterocycles. The van der Waals surface area contributed by atoms with Crippen molar-refractivity contribution in [1.29, 1.82) is 0 Å². The van der Waals surface area contributed by atoms with Crippen LogP contribution < -0.4 is 5.56 Å². The van der Waals surface area contributed by atoms with Crippen LogP contribution in [0, 0.1) is 5.92 Å². The monoisotopic (exact) mass is 193 g/mol. The molecule has 0 aromatic carbocycles. The molecule has 3 nitrogen and oxygen atoms in total. The molecule has 0 atom stereocenters. The molecule has 0 bridgehead atoms. The van der Waals surface area contributed by atoms with Gasteiger partial charge < -0.3 is 4.57 Å². The molecule has 0 saturated carbocycles. The number of hydrogen-bond donors (Lipinski definition) is 0. The van der Waals surface area contributed by atoms with Gasteiger partial charge in [0.25, 0.3) is 5.56 Å². The number of carbonyl (C=O) groups is 1. The lowest BCUT2D eigenvalue weighted by molar-refractivity contribution is 0.100. The zero-order valence-corrected chi connectivity index (χ0v) is 8.78. The molecule has 14 heavy (non-hydrogen) atoms. The SMILES string of the molecule is CC(=O)c1cccc(=O)n1CC(C)C. The molecule has 0 spiro atoms. The lowest BCUT2D eigenvalue weighted by Crippen LogP contribution is -2.26. The molecule has 1 aromatic heterocycles. The Balaban J connectivity index is 3.23. The Morgan fingerprint density at radius 3 is 2.57 bits per heavy atom. The number of Topliss-reactive ketones (excluding diaryl/α,β-unsaturated/α-hetero) is 1. The molecular weight excluding hydrogens is 178 g/mol. The highest BCUT2D eigenvalue weighted by Gasteiger charge is 2.08. The molecule has 1 rings (SSSR count). The van der Waals surface area contributed by atoms with E-state index in [2.05, 4.69) is 0 Å². The van der Waals surface area contributed by atoms with E-state index >= 15 is 0 Å². The van der Waals surface area contributed by atoms with Gasteiger partial charge in [-0.1, -0.05) is 19.9 Å². The van der Waals surface area contributed by atoms with Gasteiger partial charge >= 0.3 is 0 Å². The standard InChI is InChI=1S/C11H15NO2/c1-8(2)7-12-10(9(3)13)5-4-6-11(12)14/h4-6,8H,7H2,1-3H3. The Morgan fingerprint density at radius 1 is 1.43 bits per heavy atom. The number of pyridine rings is 1. The highest BCUT2D eigenvalue weighted by Crippen LogP contribution is 2.02. The molecule has 3 heteroatoms. The van der Waals surface area contributed by atoms with Crippen molar-refractivity contribution >= 4 is 5.78 Å². The molecule has 0 aliphatic carbocycles. The van der Waals surface area contributed by atoms with Crippen LogP contribution in [0.3, 0.4) is 0 Å². The summed E-state index contributed by atoms with van der Waals surface area (Å²) in [6.45, 7) is 6.10. The van der Waals surface area contributed by atoms with E-state index in [1.54, 1.807) is 12.1 Å². The number of aromatic nitrogens is 1. The molecule has 0 N–H and O–H groups in total. The van der Waals surface area contributed by atoms with Crippen LogP contribution in [-0.2, 0) is 6.54 Å². The van der Waals surface area contributed by atoms with Crippen LogP contribution in [0.4, 0.5) is 0 Å². The van der Waals surface area contributed by atoms with E-state index < -0.39 is 0 Å². The van der Waals surface area contributed by atoms with Crippen LogP contribution in [0.1, 0.15) is 31.3 Å². The van der Waals surface area contributed by atoms with Crippen molar-refractivity contribution in [1.82, 2.24) is 4.57 Å². The van der Waals surface area contributed by atoms with Crippen LogP contribution in [0.25, 0.3) is 0 Å². The molecule has 0 unspecified atom stereocenters. The summed E-state index contributed by atoms with van der Waals surface area (Å²) < 4.78 is 1.53. The van der Waals surface area contributed by atoms with Gasteiger partial charge in [0, 0.05) is 19.5 Å². The molecule has 0 amide bonds. The average Bonchev–Trinajstić information content (AvgIpc) is 2.07. The smallest absolute Gasteiger partial charge is 0.251 e. The topological polar surface area (TPSA) is 39.1 Å². The minimum atomic E-state index is -0.105. The van der Waals surface area contributed by atoms with Gasteiger partial charge in [0.2, 0.25) is 0 Å². The maximum absolute atomic E-state index is 11.5. The number of nitrogens with zero attached hydrogens (tertiary/aromatic N) is 1. The van der Waals surface area contributed by atoms with Crippen molar-refractivity contribution in [2.24, 2.45) is 5.92 Å². The second-order valence-corrected chi connectivity index (χ2v) is 3.81. The number of ketones is 1. The summed E-state index contributed by atoms with van der Waals surface area (Å²) in [4.78, 5) is 22.7. The van der Waals surface area contributed by atoms with Crippen molar-refractivity contribution in [3.05, 3.63) is 34.2 Å². The van der Waals surface area contributed by atoms with Crippen LogP contribution in [-0.4, -0.2) is 10.4 Å².